The Bertz CT molecular complexity index is 461. The summed E-state index contributed by atoms with van der Waals surface area (Å²) in [5, 5.41) is 0. The first kappa shape index (κ1) is 11.9. The summed E-state index contributed by atoms with van der Waals surface area (Å²) >= 11 is 0. The van der Waals surface area contributed by atoms with E-state index in [1.807, 2.05) is 0 Å². The number of aryl methyl sites for hydroxylation is 1. The SMILES string of the molecule is CCc1nc(C=O)cn1S(=O)(=O)N(C)C. The van der Waals surface area contributed by atoms with Gasteiger partial charge in [0.2, 0.25) is 0 Å². The summed E-state index contributed by atoms with van der Waals surface area (Å²) in [5.74, 6) is 0.353. The van der Waals surface area contributed by atoms with Crippen molar-refractivity contribution >= 4 is 16.5 Å². The van der Waals surface area contributed by atoms with Gasteiger partial charge in [0.25, 0.3) is 0 Å². The number of imidazole rings is 1. The zero-order valence-electron chi connectivity index (χ0n) is 8.84. The lowest BCUT2D eigenvalue weighted by molar-refractivity contribution is 0.111. The van der Waals surface area contributed by atoms with Crippen LogP contribution in [0.2, 0.25) is 0 Å². The van der Waals surface area contributed by atoms with Gasteiger partial charge in [-0.05, 0) is 0 Å². The topological polar surface area (TPSA) is 72.3 Å². The van der Waals surface area contributed by atoms with E-state index in [4.69, 9.17) is 0 Å². The molecule has 0 spiro atoms. The zero-order valence-corrected chi connectivity index (χ0v) is 9.65. The van der Waals surface area contributed by atoms with E-state index < -0.39 is 10.2 Å². The standard InChI is InChI=1S/C8H13N3O3S/c1-4-8-9-7(6-12)5-11(8)15(13,14)10(2)3/h5-6H,4H2,1-3H3. The van der Waals surface area contributed by atoms with Gasteiger partial charge in [0.05, 0.1) is 6.20 Å². The Morgan fingerprint density at radius 3 is 2.53 bits per heavy atom. The van der Waals surface area contributed by atoms with Gasteiger partial charge >= 0.3 is 10.2 Å². The lowest BCUT2D eigenvalue weighted by Crippen LogP contribution is -2.29. The Balaban J connectivity index is 3.36. The molecule has 0 bridgehead atoms. The highest BCUT2D eigenvalue weighted by Gasteiger charge is 2.20. The number of aromatic nitrogens is 2. The van der Waals surface area contributed by atoms with E-state index in [1.54, 1.807) is 6.92 Å². The normalized spacial score (nSPS) is 12.0. The Hall–Kier alpha value is -1.21. The van der Waals surface area contributed by atoms with Gasteiger partial charge in [0.1, 0.15) is 11.5 Å². The van der Waals surface area contributed by atoms with Crippen LogP contribution in [0.15, 0.2) is 6.20 Å². The number of hydrogen-bond acceptors (Lipinski definition) is 4. The van der Waals surface area contributed by atoms with Gasteiger partial charge in [-0.3, -0.25) is 4.79 Å². The number of carbonyl (C=O) groups is 1. The minimum atomic E-state index is -3.58. The molecule has 0 atom stereocenters. The third kappa shape index (κ3) is 2.07. The van der Waals surface area contributed by atoms with E-state index >= 15 is 0 Å². The summed E-state index contributed by atoms with van der Waals surface area (Å²) in [6.45, 7) is 1.78. The fourth-order valence-electron chi connectivity index (χ4n) is 1.09. The molecule has 0 saturated carbocycles. The largest absolute Gasteiger partial charge is 0.308 e. The maximum atomic E-state index is 11.8. The Labute approximate surface area is 88.7 Å². The zero-order chi connectivity index (χ0) is 11.6. The van der Waals surface area contributed by atoms with E-state index in [1.165, 1.54) is 20.3 Å². The first-order valence-corrected chi connectivity index (χ1v) is 5.79. The molecule has 1 aromatic rings. The van der Waals surface area contributed by atoms with Crippen LogP contribution in [0.3, 0.4) is 0 Å². The van der Waals surface area contributed by atoms with E-state index in [-0.39, 0.29) is 5.69 Å². The van der Waals surface area contributed by atoms with E-state index in [0.717, 1.165) is 8.28 Å². The van der Waals surface area contributed by atoms with Gasteiger partial charge in [-0.15, -0.1) is 0 Å². The van der Waals surface area contributed by atoms with Gasteiger partial charge in [-0.2, -0.15) is 12.7 Å². The molecule has 6 nitrogen and oxygen atoms in total. The van der Waals surface area contributed by atoms with E-state index in [0.29, 0.717) is 18.5 Å². The summed E-state index contributed by atoms with van der Waals surface area (Å²) in [7, 11) is -0.728. The van der Waals surface area contributed by atoms with Crippen molar-refractivity contribution in [1.82, 2.24) is 13.3 Å². The smallest absolute Gasteiger partial charge is 0.296 e. The fraction of sp³-hybridized carbons (Fsp3) is 0.500. The van der Waals surface area contributed by atoms with E-state index in [9.17, 15) is 13.2 Å². The van der Waals surface area contributed by atoms with Crippen molar-refractivity contribution in [1.29, 1.82) is 0 Å². The van der Waals surface area contributed by atoms with Crippen LogP contribution in [0.4, 0.5) is 0 Å². The molecule has 1 aromatic heterocycles. The molecule has 0 N–H and O–H groups in total. The van der Waals surface area contributed by atoms with Crippen LogP contribution in [0.25, 0.3) is 0 Å². The van der Waals surface area contributed by atoms with Crippen molar-refractivity contribution in [3.05, 3.63) is 17.7 Å². The molecule has 1 rings (SSSR count). The fourth-order valence-corrected chi connectivity index (χ4v) is 2.12. The molecule has 0 aliphatic rings. The molecule has 7 heteroatoms. The third-order valence-electron chi connectivity index (χ3n) is 1.91. The monoisotopic (exact) mass is 231 g/mol. The van der Waals surface area contributed by atoms with Crippen LogP contribution in [-0.2, 0) is 16.6 Å². The van der Waals surface area contributed by atoms with Crippen molar-refractivity contribution in [3.8, 4) is 0 Å². The van der Waals surface area contributed by atoms with Crippen LogP contribution >= 0.6 is 0 Å². The lowest BCUT2D eigenvalue weighted by atomic mass is 10.5. The number of carbonyl (C=O) groups excluding carboxylic acids is 1. The molecular weight excluding hydrogens is 218 g/mol. The molecule has 1 heterocycles. The summed E-state index contributed by atoms with van der Waals surface area (Å²) < 4.78 is 25.6. The number of hydrogen-bond donors (Lipinski definition) is 0. The quantitative estimate of drug-likeness (QED) is 0.679. The van der Waals surface area contributed by atoms with Crippen LogP contribution in [0, 0.1) is 0 Å². The number of rotatable bonds is 4. The Morgan fingerprint density at radius 2 is 2.13 bits per heavy atom. The predicted molar refractivity (Wildman–Crippen MR) is 55.0 cm³/mol. The van der Waals surface area contributed by atoms with Gasteiger partial charge in [0, 0.05) is 20.5 Å². The molecule has 0 aliphatic carbocycles. The summed E-state index contributed by atoms with van der Waals surface area (Å²) in [6.07, 6.45) is 2.20. The highest BCUT2D eigenvalue weighted by Crippen LogP contribution is 2.08. The minimum absolute atomic E-state index is 0.122. The van der Waals surface area contributed by atoms with Crippen molar-refractivity contribution in [2.24, 2.45) is 0 Å². The third-order valence-corrected chi connectivity index (χ3v) is 3.65. The van der Waals surface area contributed by atoms with Crippen LogP contribution in [0.1, 0.15) is 23.2 Å². The summed E-state index contributed by atoms with van der Waals surface area (Å²) in [4.78, 5) is 14.4. The molecule has 0 saturated heterocycles. The summed E-state index contributed by atoms with van der Waals surface area (Å²) in [6, 6.07) is 0. The van der Waals surface area contributed by atoms with Crippen LogP contribution in [-0.4, -0.2) is 42.1 Å². The van der Waals surface area contributed by atoms with Crippen LogP contribution < -0.4 is 0 Å². The lowest BCUT2D eigenvalue weighted by Gasteiger charge is -2.13. The predicted octanol–water partition coefficient (Wildman–Crippen LogP) is -0.0875. The average molecular weight is 231 g/mol. The first-order chi connectivity index (χ1) is 6.93. The number of aldehydes is 1. The average Bonchev–Trinajstić information content (AvgIpc) is 2.60. The van der Waals surface area contributed by atoms with Crippen molar-refractivity contribution in [3.63, 3.8) is 0 Å². The Kier molecular flexibility index (Phi) is 3.25. The molecule has 0 fully saturated rings. The molecule has 0 aliphatic heterocycles. The highest BCUT2D eigenvalue weighted by atomic mass is 32.2. The Morgan fingerprint density at radius 1 is 1.53 bits per heavy atom. The second kappa shape index (κ2) is 4.11. The number of nitrogens with zero attached hydrogens (tertiary/aromatic N) is 3. The van der Waals surface area contributed by atoms with Gasteiger partial charge < -0.3 is 0 Å². The van der Waals surface area contributed by atoms with Gasteiger partial charge in [-0.25, -0.2) is 8.96 Å². The van der Waals surface area contributed by atoms with Crippen LogP contribution in [0.5, 0.6) is 0 Å². The highest BCUT2D eigenvalue weighted by molar-refractivity contribution is 7.87. The molecule has 0 unspecified atom stereocenters. The second-order valence-electron chi connectivity index (χ2n) is 3.14. The molecule has 15 heavy (non-hydrogen) atoms. The second-order valence-corrected chi connectivity index (χ2v) is 5.16. The maximum Gasteiger partial charge on any atom is 0.308 e. The van der Waals surface area contributed by atoms with Crippen molar-refractivity contribution < 1.29 is 13.2 Å². The molecule has 0 radical (unpaired) electrons. The summed E-state index contributed by atoms with van der Waals surface area (Å²) in [5.41, 5.74) is 0.122. The maximum absolute atomic E-state index is 11.8. The molecule has 84 valence electrons. The molecule has 0 amide bonds. The van der Waals surface area contributed by atoms with Gasteiger partial charge in [-0.1, -0.05) is 6.92 Å². The molecule has 0 aromatic carbocycles. The first-order valence-electron chi connectivity index (χ1n) is 4.40. The van der Waals surface area contributed by atoms with E-state index in [2.05, 4.69) is 4.98 Å². The van der Waals surface area contributed by atoms with Crippen molar-refractivity contribution in [2.75, 3.05) is 14.1 Å². The molecular formula is C8H13N3O3S. The van der Waals surface area contributed by atoms with Gasteiger partial charge in [0.15, 0.2) is 6.29 Å². The van der Waals surface area contributed by atoms with Crippen molar-refractivity contribution in [2.45, 2.75) is 13.3 Å². The minimum Gasteiger partial charge on any atom is -0.296 e.